The lowest BCUT2D eigenvalue weighted by Gasteiger charge is -2.11. The lowest BCUT2D eigenvalue weighted by molar-refractivity contribution is 0.670. The maximum Gasteiger partial charge on any atom is 0.164 e. The Hall–Kier alpha value is -7.63. The van der Waals surface area contributed by atoms with Crippen molar-refractivity contribution in [2.75, 3.05) is 0 Å². The second kappa shape index (κ2) is 13.0. The van der Waals surface area contributed by atoms with Gasteiger partial charge in [-0.1, -0.05) is 139 Å². The molecule has 0 amide bonds. The molecule has 5 heteroatoms. The number of aromatic nitrogens is 4. The minimum atomic E-state index is -0.584. The van der Waals surface area contributed by atoms with E-state index in [9.17, 15) is 0 Å². The highest BCUT2D eigenvalue weighted by Crippen LogP contribution is 2.43. The van der Waals surface area contributed by atoms with Crippen LogP contribution in [0.1, 0.15) is 13.7 Å². The summed E-state index contributed by atoms with van der Waals surface area (Å²) in [6, 6.07) is 37.1. The summed E-state index contributed by atoms with van der Waals surface area (Å²) in [4.78, 5) is 15.2. The monoisotopic (exact) mass is 726 g/mol. The molecule has 0 aliphatic heterocycles. The second-order valence-electron chi connectivity index (χ2n) is 13.3. The van der Waals surface area contributed by atoms with Gasteiger partial charge in [-0.05, 0) is 71.3 Å². The van der Waals surface area contributed by atoms with Gasteiger partial charge in [-0.3, -0.25) is 0 Å². The Labute approximate surface area is 336 Å². The van der Waals surface area contributed by atoms with Gasteiger partial charge in [0.25, 0.3) is 0 Å². The largest absolute Gasteiger partial charge is 0.455 e. The predicted molar refractivity (Wildman–Crippen MR) is 229 cm³/mol. The Morgan fingerprint density at radius 1 is 0.429 bits per heavy atom. The SMILES string of the molecule is [2H]c1c([2H])c([2H])c(-c2cc(-c3c([2H])c([2H])c([2H])c([2H])c3[2H])c3oc4cccc(-c5nc(-c6ccccc6)nc(-c6ccc7c(c6)c6ccccc6n7-c6ccccc6)n5)c4c3c2)c([2H])c1[2H]. The molecule has 262 valence electrons. The van der Waals surface area contributed by atoms with Crippen molar-refractivity contribution in [3.63, 3.8) is 0 Å². The molecule has 0 saturated heterocycles. The van der Waals surface area contributed by atoms with E-state index in [0.717, 1.165) is 38.6 Å². The average molecular weight is 727 g/mol. The Bertz CT molecular complexity index is 3780. The van der Waals surface area contributed by atoms with Crippen LogP contribution in [0, 0.1) is 0 Å². The molecule has 11 aromatic rings. The molecule has 0 unspecified atom stereocenters. The maximum absolute atomic E-state index is 8.96. The zero-order valence-corrected chi connectivity index (χ0v) is 29.4. The topological polar surface area (TPSA) is 56.7 Å². The molecule has 0 aliphatic rings. The number of fused-ring (bicyclic) bond motifs is 6. The van der Waals surface area contributed by atoms with Crippen molar-refractivity contribution in [2.24, 2.45) is 0 Å². The van der Waals surface area contributed by atoms with Crippen LogP contribution in [-0.2, 0) is 0 Å². The van der Waals surface area contributed by atoms with E-state index in [2.05, 4.69) is 41.0 Å². The first-order chi connectivity index (χ1) is 31.9. The highest BCUT2D eigenvalue weighted by atomic mass is 16.3. The van der Waals surface area contributed by atoms with E-state index in [1.54, 1.807) is 18.2 Å². The number of para-hydroxylation sites is 2. The molecule has 3 aromatic heterocycles. The standard InChI is InChI=1S/C51H32N4O/c1-5-16-33(17-6-1)37-31-41(34-18-7-2-8-19-34)48-43(32-37)47-40(25-15-27-46(47)56-48)51-53-49(35-20-9-3-10-21-35)52-50(54-51)36-28-29-45-42(30-36)39-24-13-14-26-44(39)55(45)38-22-11-4-12-23-38/h1-32H/i1D,2D,5D,6D,7D,8D,16D,17D,18D,19D. The molecular weight excluding hydrogens is 685 g/mol. The summed E-state index contributed by atoms with van der Waals surface area (Å²) >= 11 is 0. The van der Waals surface area contributed by atoms with Crippen LogP contribution in [0.5, 0.6) is 0 Å². The molecule has 3 heterocycles. The molecule has 0 saturated carbocycles. The average Bonchev–Trinajstić information content (AvgIpc) is 3.90. The Balaban J connectivity index is 1.20. The quantitative estimate of drug-likeness (QED) is 0.171. The van der Waals surface area contributed by atoms with E-state index in [1.807, 2.05) is 72.8 Å². The first kappa shape index (κ1) is 23.2. The maximum atomic E-state index is 8.96. The lowest BCUT2D eigenvalue weighted by atomic mass is 9.95. The fourth-order valence-corrected chi connectivity index (χ4v) is 7.53. The van der Waals surface area contributed by atoms with Crippen LogP contribution in [0.2, 0.25) is 0 Å². The summed E-state index contributed by atoms with van der Waals surface area (Å²) in [5, 5.41) is 2.90. The van der Waals surface area contributed by atoms with Gasteiger partial charge in [0.1, 0.15) is 11.2 Å². The van der Waals surface area contributed by atoms with Crippen molar-refractivity contribution >= 4 is 43.7 Å². The number of hydrogen-bond donors (Lipinski definition) is 0. The fraction of sp³-hybridized carbons (Fsp3) is 0. The molecule has 8 aromatic carbocycles. The molecular formula is C51H32N4O. The van der Waals surface area contributed by atoms with Crippen LogP contribution < -0.4 is 0 Å². The zero-order valence-electron chi connectivity index (χ0n) is 39.4. The third-order valence-corrected chi connectivity index (χ3v) is 10.0. The van der Waals surface area contributed by atoms with Gasteiger partial charge in [0, 0.05) is 49.5 Å². The van der Waals surface area contributed by atoms with Gasteiger partial charge in [0.15, 0.2) is 17.5 Å². The molecule has 0 spiro atoms. The highest BCUT2D eigenvalue weighted by Gasteiger charge is 2.21. The van der Waals surface area contributed by atoms with Gasteiger partial charge in [-0.25, -0.2) is 15.0 Å². The van der Waals surface area contributed by atoms with Crippen molar-refractivity contribution in [3.05, 3.63) is 194 Å². The van der Waals surface area contributed by atoms with Gasteiger partial charge in [-0.2, -0.15) is 0 Å². The molecule has 5 nitrogen and oxygen atoms in total. The summed E-state index contributed by atoms with van der Waals surface area (Å²) in [5.74, 6) is 1.06. The van der Waals surface area contributed by atoms with Crippen LogP contribution in [0.3, 0.4) is 0 Å². The molecule has 0 radical (unpaired) electrons. The van der Waals surface area contributed by atoms with Crippen LogP contribution in [0.15, 0.2) is 198 Å². The summed E-state index contributed by atoms with van der Waals surface area (Å²) < 4.78 is 95.2. The van der Waals surface area contributed by atoms with E-state index >= 15 is 0 Å². The number of nitrogens with zero attached hydrogens (tertiary/aromatic N) is 4. The number of hydrogen-bond acceptors (Lipinski definition) is 4. The van der Waals surface area contributed by atoms with E-state index < -0.39 is 60.4 Å². The Morgan fingerprint density at radius 3 is 1.86 bits per heavy atom. The summed E-state index contributed by atoms with van der Waals surface area (Å²) in [5.41, 5.74) is 5.41. The third kappa shape index (κ3) is 5.29. The van der Waals surface area contributed by atoms with Crippen LogP contribution in [0.4, 0.5) is 0 Å². The van der Waals surface area contributed by atoms with Gasteiger partial charge >= 0.3 is 0 Å². The van der Waals surface area contributed by atoms with E-state index in [1.165, 1.54) is 6.07 Å². The number of rotatable bonds is 6. The van der Waals surface area contributed by atoms with Crippen molar-refractivity contribution < 1.29 is 18.1 Å². The van der Waals surface area contributed by atoms with Crippen molar-refractivity contribution in [2.45, 2.75) is 0 Å². The smallest absolute Gasteiger partial charge is 0.164 e. The highest BCUT2D eigenvalue weighted by molar-refractivity contribution is 6.16. The van der Waals surface area contributed by atoms with Gasteiger partial charge < -0.3 is 8.98 Å². The normalized spacial score (nSPS) is 14.1. The summed E-state index contributed by atoms with van der Waals surface area (Å²) in [6.07, 6.45) is 0. The van der Waals surface area contributed by atoms with Crippen LogP contribution >= 0.6 is 0 Å². The minimum Gasteiger partial charge on any atom is -0.455 e. The predicted octanol–water partition coefficient (Wildman–Crippen LogP) is 13.2. The minimum absolute atomic E-state index is 0.0674. The third-order valence-electron chi connectivity index (χ3n) is 10.0. The van der Waals surface area contributed by atoms with Gasteiger partial charge in [0.05, 0.1) is 24.7 Å². The molecule has 0 fully saturated rings. The first-order valence-electron chi connectivity index (χ1n) is 23.0. The summed E-state index contributed by atoms with van der Waals surface area (Å²) in [6.45, 7) is 0. The van der Waals surface area contributed by atoms with Crippen molar-refractivity contribution in [3.8, 4) is 62.1 Å². The van der Waals surface area contributed by atoms with Crippen LogP contribution in [-0.4, -0.2) is 19.5 Å². The van der Waals surface area contributed by atoms with Gasteiger partial charge in [-0.15, -0.1) is 0 Å². The van der Waals surface area contributed by atoms with Crippen molar-refractivity contribution in [1.29, 1.82) is 0 Å². The molecule has 11 rings (SSSR count). The molecule has 0 atom stereocenters. The van der Waals surface area contributed by atoms with Crippen LogP contribution in [0.25, 0.3) is 106 Å². The zero-order chi connectivity index (χ0) is 45.7. The van der Waals surface area contributed by atoms with E-state index in [-0.39, 0.29) is 33.7 Å². The Morgan fingerprint density at radius 2 is 1.07 bits per heavy atom. The molecule has 0 aliphatic carbocycles. The fourth-order valence-electron chi connectivity index (χ4n) is 7.53. The van der Waals surface area contributed by atoms with Gasteiger partial charge in [0.2, 0.25) is 0 Å². The molecule has 56 heavy (non-hydrogen) atoms. The number of furan rings is 1. The first-order valence-corrected chi connectivity index (χ1v) is 18.0. The van der Waals surface area contributed by atoms with E-state index in [4.69, 9.17) is 33.1 Å². The Kier molecular flexibility index (Phi) is 5.41. The van der Waals surface area contributed by atoms with Crippen molar-refractivity contribution in [1.82, 2.24) is 19.5 Å². The molecule has 0 bridgehead atoms. The molecule has 0 N–H and O–H groups in total. The lowest BCUT2D eigenvalue weighted by Crippen LogP contribution is -2.00. The number of benzene rings is 8. The van der Waals surface area contributed by atoms with E-state index in [0.29, 0.717) is 33.6 Å². The second-order valence-corrected chi connectivity index (χ2v) is 13.3. The summed E-state index contributed by atoms with van der Waals surface area (Å²) in [7, 11) is 0.